The van der Waals surface area contributed by atoms with Gasteiger partial charge in [0.1, 0.15) is 0 Å². The van der Waals surface area contributed by atoms with Gasteiger partial charge in [0, 0.05) is 35.9 Å². The molecule has 0 aliphatic carbocycles. The summed E-state index contributed by atoms with van der Waals surface area (Å²) >= 11 is 0. The highest BCUT2D eigenvalue weighted by atomic mass is 16.2. The third kappa shape index (κ3) is 4.77. The molecule has 2 aromatic carbocycles. The van der Waals surface area contributed by atoms with Crippen molar-refractivity contribution in [3.05, 3.63) is 65.7 Å². The number of likely N-dealkylation sites (N-methyl/N-ethyl adjacent to an activating group) is 1. The molecule has 1 fully saturated rings. The van der Waals surface area contributed by atoms with Gasteiger partial charge in [0.25, 0.3) is 0 Å². The van der Waals surface area contributed by atoms with Crippen LogP contribution in [0.3, 0.4) is 0 Å². The van der Waals surface area contributed by atoms with Crippen molar-refractivity contribution in [1.29, 1.82) is 0 Å². The Morgan fingerprint density at radius 2 is 1.73 bits per heavy atom. The van der Waals surface area contributed by atoms with E-state index in [1.54, 1.807) is 36.4 Å². The number of carbonyl (C=O) groups excluding carboxylic acids is 2. The van der Waals surface area contributed by atoms with Crippen molar-refractivity contribution < 1.29 is 9.59 Å². The number of amides is 1. The van der Waals surface area contributed by atoms with Crippen LogP contribution in [0.25, 0.3) is 0 Å². The highest BCUT2D eigenvalue weighted by Gasteiger charge is 2.23. The first-order valence-electron chi connectivity index (χ1n) is 9.11. The molecule has 0 bridgehead atoms. The van der Waals surface area contributed by atoms with Gasteiger partial charge in [0.05, 0.1) is 6.54 Å². The fraction of sp³-hybridized carbons (Fsp3) is 0.333. The maximum absolute atomic E-state index is 12.4. The summed E-state index contributed by atoms with van der Waals surface area (Å²) < 4.78 is 0. The molecule has 0 saturated carbocycles. The fourth-order valence-corrected chi connectivity index (χ4v) is 3.30. The van der Waals surface area contributed by atoms with Crippen molar-refractivity contribution in [2.45, 2.75) is 19.4 Å². The molecule has 1 unspecified atom stereocenters. The van der Waals surface area contributed by atoms with Gasteiger partial charge in [-0.2, -0.15) is 0 Å². The molecule has 0 aromatic heterocycles. The van der Waals surface area contributed by atoms with E-state index < -0.39 is 0 Å². The summed E-state index contributed by atoms with van der Waals surface area (Å²) in [7, 11) is 0. The first kappa shape index (κ1) is 18.3. The lowest BCUT2D eigenvalue weighted by atomic mass is 10.0. The van der Waals surface area contributed by atoms with Gasteiger partial charge < -0.3 is 10.6 Å². The van der Waals surface area contributed by atoms with E-state index >= 15 is 0 Å². The summed E-state index contributed by atoms with van der Waals surface area (Å²) in [5.41, 5.74) is 1.98. The zero-order valence-corrected chi connectivity index (χ0v) is 15.1. The Morgan fingerprint density at radius 1 is 1.04 bits per heavy atom. The average Bonchev–Trinajstić information content (AvgIpc) is 3.09. The summed E-state index contributed by atoms with van der Waals surface area (Å²) in [6.07, 6.45) is 1.08. The molecule has 0 spiro atoms. The van der Waals surface area contributed by atoms with Gasteiger partial charge in [0.2, 0.25) is 5.91 Å². The standard InChI is InChI=1S/C21H25N3O2/c1-2-22-19-12-13-24(14-19)15-20(25)23-18-10-8-17(9-11-18)21(26)16-6-4-3-5-7-16/h3-11,19,22H,2,12-15H2,1H3,(H,23,25). The van der Waals surface area contributed by atoms with Crippen LogP contribution in [0, 0.1) is 0 Å². The Kier molecular flexibility index (Phi) is 6.15. The quantitative estimate of drug-likeness (QED) is 0.753. The van der Waals surface area contributed by atoms with Gasteiger partial charge in [-0.15, -0.1) is 0 Å². The maximum Gasteiger partial charge on any atom is 0.238 e. The Labute approximate surface area is 154 Å². The topological polar surface area (TPSA) is 61.4 Å². The number of benzene rings is 2. The van der Waals surface area contributed by atoms with E-state index in [1.807, 2.05) is 18.2 Å². The van der Waals surface area contributed by atoms with Crippen LogP contribution in [0.5, 0.6) is 0 Å². The second kappa shape index (κ2) is 8.74. The molecule has 1 atom stereocenters. The van der Waals surface area contributed by atoms with Crippen molar-refractivity contribution in [3.63, 3.8) is 0 Å². The van der Waals surface area contributed by atoms with Gasteiger partial charge in [-0.05, 0) is 37.2 Å². The van der Waals surface area contributed by atoms with Crippen molar-refractivity contribution in [1.82, 2.24) is 10.2 Å². The third-order valence-electron chi connectivity index (χ3n) is 4.60. The third-order valence-corrected chi connectivity index (χ3v) is 4.60. The van der Waals surface area contributed by atoms with Gasteiger partial charge in [-0.1, -0.05) is 37.3 Å². The Balaban J connectivity index is 1.53. The number of anilines is 1. The molecule has 1 heterocycles. The minimum absolute atomic E-state index is 0.0185. The van der Waals surface area contributed by atoms with Crippen LogP contribution >= 0.6 is 0 Å². The number of likely N-dealkylation sites (tertiary alicyclic amines) is 1. The van der Waals surface area contributed by atoms with Crippen LogP contribution in [0.2, 0.25) is 0 Å². The Bertz CT molecular complexity index is 744. The van der Waals surface area contributed by atoms with Crippen molar-refractivity contribution in [3.8, 4) is 0 Å². The molecule has 2 aromatic rings. The molecule has 1 aliphatic rings. The highest BCUT2D eigenvalue weighted by molar-refractivity contribution is 6.09. The first-order valence-corrected chi connectivity index (χ1v) is 9.11. The smallest absolute Gasteiger partial charge is 0.238 e. The molecular formula is C21H25N3O2. The lowest BCUT2D eigenvalue weighted by Crippen LogP contribution is -2.35. The molecule has 3 rings (SSSR count). The molecule has 0 radical (unpaired) electrons. The molecule has 5 heteroatoms. The first-order chi connectivity index (χ1) is 12.7. The molecule has 1 saturated heterocycles. The molecule has 1 amide bonds. The summed E-state index contributed by atoms with van der Waals surface area (Å²) in [4.78, 5) is 26.8. The van der Waals surface area contributed by atoms with E-state index in [2.05, 4.69) is 22.5 Å². The Morgan fingerprint density at radius 3 is 2.42 bits per heavy atom. The van der Waals surface area contributed by atoms with Crippen molar-refractivity contribution >= 4 is 17.4 Å². The number of rotatable bonds is 7. The van der Waals surface area contributed by atoms with Crippen LogP contribution in [0.1, 0.15) is 29.3 Å². The van der Waals surface area contributed by atoms with Gasteiger partial charge in [0.15, 0.2) is 5.78 Å². The molecular weight excluding hydrogens is 326 g/mol. The average molecular weight is 351 g/mol. The number of nitrogens with one attached hydrogen (secondary N) is 2. The molecule has 26 heavy (non-hydrogen) atoms. The number of nitrogens with zero attached hydrogens (tertiary/aromatic N) is 1. The minimum Gasteiger partial charge on any atom is -0.325 e. The number of hydrogen-bond acceptors (Lipinski definition) is 4. The molecule has 1 aliphatic heterocycles. The summed E-state index contributed by atoms with van der Waals surface area (Å²) in [6, 6.07) is 16.7. The fourth-order valence-electron chi connectivity index (χ4n) is 3.30. The van der Waals surface area contributed by atoms with Crippen molar-refractivity contribution in [2.24, 2.45) is 0 Å². The maximum atomic E-state index is 12.4. The molecule has 2 N–H and O–H groups in total. The van der Waals surface area contributed by atoms with E-state index in [4.69, 9.17) is 0 Å². The van der Waals surface area contributed by atoms with E-state index in [1.165, 1.54) is 0 Å². The van der Waals surface area contributed by atoms with Crippen molar-refractivity contribution in [2.75, 3.05) is 31.5 Å². The predicted molar refractivity (Wildman–Crippen MR) is 103 cm³/mol. The summed E-state index contributed by atoms with van der Waals surface area (Å²) in [5, 5.41) is 6.33. The molecule has 136 valence electrons. The second-order valence-corrected chi connectivity index (χ2v) is 6.60. The SMILES string of the molecule is CCNC1CCN(CC(=O)Nc2ccc(C(=O)c3ccccc3)cc2)C1. The van der Waals surface area contributed by atoms with Crippen LogP contribution < -0.4 is 10.6 Å². The zero-order chi connectivity index (χ0) is 18.4. The monoisotopic (exact) mass is 351 g/mol. The van der Waals surface area contributed by atoms with Crippen LogP contribution in [0.15, 0.2) is 54.6 Å². The van der Waals surface area contributed by atoms with Crippen LogP contribution in [0.4, 0.5) is 5.69 Å². The zero-order valence-electron chi connectivity index (χ0n) is 15.1. The largest absolute Gasteiger partial charge is 0.325 e. The minimum atomic E-state index is -0.0238. The molecule has 5 nitrogen and oxygen atoms in total. The predicted octanol–water partition coefficient (Wildman–Crippen LogP) is 2.54. The van der Waals surface area contributed by atoms with Gasteiger partial charge in [-0.3, -0.25) is 14.5 Å². The number of carbonyl (C=O) groups is 2. The van der Waals surface area contributed by atoms with E-state index in [9.17, 15) is 9.59 Å². The van der Waals surface area contributed by atoms with Crippen LogP contribution in [-0.2, 0) is 4.79 Å². The van der Waals surface area contributed by atoms with Gasteiger partial charge >= 0.3 is 0 Å². The highest BCUT2D eigenvalue weighted by Crippen LogP contribution is 2.14. The van der Waals surface area contributed by atoms with E-state index in [0.29, 0.717) is 29.4 Å². The van der Waals surface area contributed by atoms with E-state index in [0.717, 1.165) is 26.1 Å². The summed E-state index contributed by atoms with van der Waals surface area (Å²) in [5.74, 6) is -0.0423. The lowest BCUT2D eigenvalue weighted by molar-refractivity contribution is -0.117. The van der Waals surface area contributed by atoms with Gasteiger partial charge in [-0.25, -0.2) is 0 Å². The normalized spacial score (nSPS) is 17.2. The Hall–Kier alpha value is -2.50. The summed E-state index contributed by atoms with van der Waals surface area (Å²) in [6.45, 7) is 5.30. The number of hydrogen-bond donors (Lipinski definition) is 2. The lowest BCUT2D eigenvalue weighted by Gasteiger charge is -2.16. The number of ketones is 1. The van der Waals surface area contributed by atoms with Crippen LogP contribution in [-0.4, -0.2) is 48.8 Å². The second-order valence-electron chi connectivity index (χ2n) is 6.60. The van der Waals surface area contributed by atoms with E-state index in [-0.39, 0.29) is 11.7 Å².